The van der Waals surface area contributed by atoms with Gasteiger partial charge in [-0.15, -0.1) is 0 Å². The van der Waals surface area contributed by atoms with Gasteiger partial charge in [0.2, 0.25) is 5.75 Å². The molecule has 2 aromatic carbocycles. The molecule has 0 aliphatic heterocycles. The third-order valence-corrected chi connectivity index (χ3v) is 3.24. The van der Waals surface area contributed by atoms with Crippen molar-refractivity contribution in [3.8, 4) is 17.2 Å². The Labute approximate surface area is 132 Å². The second-order valence-corrected chi connectivity index (χ2v) is 4.65. The smallest absolute Gasteiger partial charge is 0.345 e. The number of hydrogen-bond acceptors (Lipinski definition) is 5. The van der Waals surface area contributed by atoms with E-state index in [0.29, 0.717) is 11.8 Å². The van der Waals surface area contributed by atoms with Crippen molar-refractivity contribution in [3.63, 3.8) is 0 Å². The molecule has 0 atom stereocenters. The van der Waals surface area contributed by atoms with Gasteiger partial charge in [0.05, 0.1) is 24.8 Å². The van der Waals surface area contributed by atoms with Crippen LogP contribution in [0.4, 0.5) is 0 Å². The van der Waals surface area contributed by atoms with Gasteiger partial charge in [0.1, 0.15) is 6.29 Å². The molecule has 0 bridgehead atoms. The third-order valence-electron chi connectivity index (χ3n) is 2.91. The zero-order valence-electron chi connectivity index (χ0n) is 12.0. The molecule has 22 heavy (non-hydrogen) atoms. The number of carbonyl (C=O) groups excluding carboxylic acids is 2. The van der Waals surface area contributed by atoms with Gasteiger partial charge in [0.15, 0.2) is 11.5 Å². The van der Waals surface area contributed by atoms with Crippen molar-refractivity contribution < 1.29 is 23.8 Å². The molecule has 6 heteroatoms. The lowest BCUT2D eigenvalue weighted by Gasteiger charge is -2.14. The van der Waals surface area contributed by atoms with E-state index < -0.39 is 5.97 Å². The second-order valence-electron chi connectivity index (χ2n) is 4.24. The minimum Gasteiger partial charge on any atom is -0.493 e. The summed E-state index contributed by atoms with van der Waals surface area (Å²) in [6.45, 7) is 0. The summed E-state index contributed by atoms with van der Waals surface area (Å²) in [5.74, 6) is -0.148. The topological polar surface area (TPSA) is 61.8 Å². The van der Waals surface area contributed by atoms with Gasteiger partial charge in [0, 0.05) is 5.56 Å². The Kier molecular flexibility index (Phi) is 5.01. The number of ether oxygens (including phenoxy) is 3. The average molecular weight is 321 g/mol. The lowest BCUT2D eigenvalue weighted by molar-refractivity contribution is 0.0724. The molecule has 0 heterocycles. The van der Waals surface area contributed by atoms with Crippen LogP contribution in [0.3, 0.4) is 0 Å². The van der Waals surface area contributed by atoms with Crippen molar-refractivity contribution in [1.82, 2.24) is 0 Å². The first-order valence-electron chi connectivity index (χ1n) is 6.28. The normalized spacial score (nSPS) is 9.95. The predicted octanol–water partition coefficient (Wildman–Crippen LogP) is 3.39. The number of benzene rings is 2. The summed E-state index contributed by atoms with van der Waals surface area (Å²) in [4.78, 5) is 23.1. The Morgan fingerprint density at radius 1 is 1.09 bits per heavy atom. The maximum Gasteiger partial charge on any atom is 0.345 e. The van der Waals surface area contributed by atoms with Crippen LogP contribution < -0.4 is 14.2 Å². The molecular formula is C16H13ClO5. The predicted molar refractivity (Wildman–Crippen MR) is 81.3 cm³/mol. The van der Waals surface area contributed by atoms with E-state index in [9.17, 15) is 9.59 Å². The average Bonchev–Trinajstić information content (AvgIpc) is 2.55. The monoisotopic (exact) mass is 320 g/mol. The van der Waals surface area contributed by atoms with Crippen LogP contribution in [0.25, 0.3) is 0 Å². The molecule has 5 nitrogen and oxygen atoms in total. The van der Waals surface area contributed by atoms with Crippen LogP contribution in [-0.4, -0.2) is 26.5 Å². The van der Waals surface area contributed by atoms with Crippen LogP contribution in [0.15, 0.2) is 36.4 Å². The van der Waals surface area contributed by atoms with Crippen molar-refractivity contribution in [2.45, 2.75) is 0 Å². The van der Waals surface area contributed by atoms with Gasteiger partial charge in [-0.25, -0.2) is 4.79 Å². The summed E-state index contributed by atoms with van der Waals surface area (Å²) >= 11 is 5.97. The number of esters is 1. The van der Waals surface area contributed by atoms with Gasteiger partial charge in [0.25, 0.3) is 0 Å². The van der Waals surface area contributed by atoms with E-state index in [-0.39, 0.29) is 27.8 Å². The van der Waals surface area contributed by atoms with Crippen LogP contribution >= 0.6 is 11.6 Å². The molecule has 0 aliphatic carbocycles. The molecule has 0 amide bonds. The molecule has 0 saturated carbocycles. The van der Waals surface area contributed by atoms with Crippen LogP contribution in [-0.2, 0) is 0 Å². The zero-order valence-corrected chi connectivity index (χ0v) is 12.7. The third kappa shape index (κ3) is 3.20. The maximum atomic E-state index is 12.2. The molecule has 2 aromatic rings. The Hall–Kier alpha value is -2.53. The number of halogens is 1. The van der Waals surface area contributed by atoms with Gasteiger partial charge < -0.3 is 14.2 Å². The lowest BCUT2D eigenvalue weighted by Crippen LogP contribution is -2.11. The first-order valence-corrected chi connectivity index (χ1v) is 6.66. The molecule has 0 aliphatic rings. The molecule has 0 saturated heterocycles. The molecule has 114 valence electrons. The summed E-state index contributed by atoms with van der Waals surface area (Å²) in [5.41, 5.74) is 0.555. The molecule has 0 fully saturated rings. The highest BCUT2D eigenvalue weighted by molar-refractivity contribution is 6.33. The SMILES string of the molecule is COc1cc(C=O)cc(OC)c1OC(=O)c1ccccc1Cl. The molecule has 0 unspecified atom stereocenters. The first-order chi connectivity index (χ1) is 10.6. The Balaban J connectivity index is 2.42. The highest BCUT2D eigenvalue weighted by Crippen LogP contribution is 2.39. The summed E-state index contributed by atoms with van der Waals surface area (Å²) in [7, 11) is 2.80. The molecule has 0 aromatic heterocycles. The Bertz CT molecular complexity index is 686. The van der Waals surface area contributed by atoms with E-state index in [1.54, 1.807) is 24.3 Å². The van der Waals surface area contributed by atoms with Crippen molar-refractivity contribution in [2.75, 3.05) is 14.2 Å². The lowest BCUT2D eigenvalue weighted by atomic mass is 10.2. The van der Waals surface area contributed by atoms with Crippen LogP contribution in [0, 0.1) is 0 Å². The Morgan fingerprint density at radius 3 is 2.18 bits per heavy atom. The zero-order chi connectivity index (χ0) is 16.1. The van der Waals surface area contributed by atoms with E-state index >= 15 is 0 Å². The van der Waals surface area contributed by atoms with Gasteiger partial charge in [-0.1, -0.05) is 23.7 Å². The van der Waals surface area contributed by atoms with Crippen LogP contribution in [0.5, 0.6) is 17.2 Å². The van der Waals surface area contributed by atoms with E-state index in [1.165, 1.54) is 26.4 Å². The highest BCUT2D eigenvalue weighted by atomic mass is 35.5. The van der Waals surface area contributed by atoms with Gasteiger partial charge in [-0.05, 0) is 24.3 Å². The fraction of sp³-hybridized carbons (Fsp3) is 0.125. The van der Waals surface area contributed by atoms with Gasteiger partial charge in [-0.2, -0.15) is 0 Å². The molecular weight excluding hydrogens is 308 g/mol. The van der Waals surface area contributed by atoms with Crippen molar-refractivity contribution in [1.29, 1.82) is 0 Å². The summed E-state index contributed by atoms with van der Waals surface area (Å²) in [5, 5.41) is 0.273. The van der Waals surface area contributed by atoms with E-state index in [1.807, 2.05) is 0 Å². The molecule has 0 spiro atoms. The number of aldehydes is 1. The summed E-state index contributed by atoms with van der Waals surface area (Å²) in [6.07, 6.45) is 0.644. The fourth-order valence-corrected chi connectivity index (χ4v) is 2.06. The molecule has 2 rings (SSSR count). The van der Waals surface area contributed by atoms with Crippen LogP contribution in [0.2, 0.25) is 5.02 Å². The quantitative estimate of drug-likeness (QED) is 0.480. The minimum atomic E-state index is -0.652. The van der Waals surface area contributed by atoms with E-state index in [4.69, 9.17) is 25.8 Å². The Morgan fingerprint density at radius 2 is 1.68 bits per heavy atom. The van der Waals surface area contributed by atoms with E-state index in [2.05, 4.69) is 0 Å². The summed E-state index contributed by atoms with van der Waals surface area (Å²) in [6, 6.07) is 9.41. The second kappa shape index (κ2) is 6.95. The van der Waals surface area contributed by atoms with Gasteiger partial charge in [-0.3, -0.25) is 4.79 Å². The van der Waals surface area contributed by atoms with E-state index in [0.717, 1.165) is 0 Å². The molecule has 0 N–H and O–H groups in total. The summed E-state index contributed by atoms with van der Waals surface area (Å²) < 4.78 is 15.6. The van der Waals surface area contributed by atoms with Gasteiger partial charge >= 0.3 is 5.97 Å². The maximum absolute atomic E-state index is 12.2. The minimum absolute atomic E-state index is 0.0838. The largest absolute Gasteiger partial charge is 0.493 e. The number of carbonyl (C=O) groups is 2. The first kappa shape index (κ1) is 15.9. The highest BCUT2D eigenvalue weighted by Gasteiger charge is 2.20. The number of rotatable bonds is 5. The van der Waals surface area contributed by atoms with Crippen molar-refractivity contribution >= 4 is 23.9 Å². The fourth-order valence-electron chi connectivity index (χ4n) is 1.84. The standard InChI is InChI=1S/C16H13ClO5/c1-20-13-7-10(9-18)8-14(21-2)15(13)22-16(19)11-5-3-4-6-12(11)17/h3-9H,1-2H3. The molecule has 0 radical (unpaired) electrons. The van der Waals surface area contributed by atoms with Crippen molar-refractivity contribution in [3.05, 3.63) is 52.5 Å². The number of hydrogen-bond donors (Lipinski definition) is 0. The number of methoxy groups -OCH3 is 2. The van der Waals surface area contributed by atoms with Crippen molar-refractivity contribution in [2.24, 2.45) is 0 Å². The van der Waals surface area contributed by atoms with Crippen LogP contribution in [0.1, 0.15) is 20.7 Å².